The first-order valence-corrected chi connectivity index (χ1v) is 9.56. The van der Waals surface area contributed by atoms with Crippen molar-refractivity contribution in [2.24, 2.45) is 7.05 Å². The Hall–Kier alpha value is -3.07. The van der Waals surface area contributed by atoms with Crippen LogP contribution in [0.1, 0.15) is 10.4 Å². The van der Waals surface area contributed by atoms with Gasteiger partial charge < -0.3 is 9.80 Å². The molecule has 0 unspecified atom stereocenters. The minimum atomic E-state index is -0.0148. The van der Waals surface area contributed by atoms with Gasteiger partial charge in [0.2, 0.25) is 0 Å². The van der Waals surface area contributed by atoms with Crippen LogP contribution < -0.4 is 4.90 Å². The Labute approximate surface area is 159 Å². The van der Waals surface area contributed by atoms with E-state index in [0.29, 0.717) is 29.8 Å². The Morgan fingerprint density at radius 2 is 1.93 bits per heavy atom. The van der Waals surface area contributed by atoms with E-state index in [1.807, 2.05) is 23.1 Å². The summed E-state index contributed by atoms with van der Waals surface area (Å²) in [4.78, 5) is 26.0. The molecule has 136 valence electrons. The molecule has 1 fully saturated rings. The van der Waals surface area contributed by atoms with Crippen molar-refractivity contribution in [3.05, 3.63) is 42.1 Å². The summed E-state index contributed by atoms with van der Waals surface area (Å²) in [6.07, 6.45) is 1.61. The first-order chi connectivity index (χ1) is 13.2. The van der Waals surface area contributed by atoms with E-state index in [1.165, 1.54) is 4.70 Å². The van der Waals surface area contributed by atoms with E-state index in [4.69, 9.17) is 4.98 Å². The van der Waals surface area contributed by atoms with Crippen LogP contribution in [-0.2, 0) is 7.05 Å². The van der Waals surface area contributed by atoms with Crippen LogP contribution in [0.3, 0.4) is 0 Å². The molecule has 4 heterocycles. The number of carbonyl (C=O) groups is 1. The zero-order valence-corrected chi connectivity index (χ0v) is 15.6. The Bertz CT molecular complexity index is 1110. The molecule has 1 amide bonds. The lowest BCUT2D eigenvalue weighted by molar-refractivity contribution is 0.0746. The average molecular weight is 379 g/mol. The number of para-hydroxylation sites is 1. The molecule has 0 N–H and O–H groups in total. The maximum atomic E-state index is 12.8. The summed E-state index contributed by atoms with van der Waals surface area (Å²) in [6.45, 7) is 2.86. The van der Waals surface area contributed by atoms with Crippen molar-refractivity contribution in [1.82, 2.24) is 29.9 Å². The van der Waals surface area contributed by atoms with Gasteiger partial charge in [-0.1, -0.05) is 28.7 Å². The molecule has 1 aliphatic rings. The Morgan fingerprint density at radius 1 is 1.11 bits per heavy atom. The van der Waals surface area contributed by atoms with Crippen molar-refractivity contribution in [2.75, 3.05) is 31.1 Å². The number of rotatable bonds is 2. The number of aryl methyl sites for hydroxylation is 1. The molecule has 3 aromatic heterocycles. The van der Waals surface area contributed by atoms with Gasteiger partial charge >= 0.3 is 0 Å². The lowest BCUT2D eigenvalue weighted by Gasteiger charge is -2.34. The van der Waals surface area contributed by atoms with E-state index in [-0.39, 0.29) is 5.91 Å². The van der Waals surface area contributed by atoms with Gasteiger partial charge in [-0.15, -0.1) is 5.10 Å². The lowest BCUT2D eigenvalue weighted by Crippen LogP contribution is -2.48. The van der Waals surface area contributed by atoms with Gasteiger partial charge in [0.05, 0.1) is 15.8 Å². The number of hydrogen-bond donors (Lipinski definition) is 0. The summed E-state index contributed by atoms with van der Waals surface area (Å²) in [5.41, 5.74) is 2.89. The predicted octanol–water partition coefficient (Wildman–Crippen LogP) is 1.94. The van der Waals surface area contributed by atoms with E-state index < -0.39 is 0 Å². The third-order valence-corrected chi connectivity index (χ3v) is 5.90. The standard InChI is InChI=1S/C18H17N7OS/c1-23-16-14(21-22-23)10-12(11-19-16)17(26)24-6-8-25(9-7-24)18-20-13-4-2-3-5-15(13)27-18/h2-5,10-11H,6-9H2,1H3. The molecule has 9 heteroatoms. The number of nitrogens with zero attached hydrogens (tertiary/aromatic N) is 7. The predicted molar refractivity (Wildman–Crippen MR) is 104 cm³/mol. The second-order valence-corrected chi connectivity index (χ2v) is 7.53. The van der Waals surface area contributed by atoms with Gasteiger partial charge in [-0.3, -0.25) is 4.79 Å². The number of anilines is 1. The van der Waals surface area contributed by atoms with Gasteiger partial charge in [-0.05, 0) is 18.2 Å². The molecular formula is C18H17N7OS. The Kier molecular flexibility index (Phi) is 3.75. The quantitative estimate of drug-likeness (QED) is 0.529. The van der Waals surface area contributed by atoms with Crippen molar-refractivity contribution < 1.29 is 4.79 Å². The van der Waals surface area contributed by atoms with Gasteiger partial charge in [0.1, 0.15) is 5.52 Å². The number of benzene rings is 1. The highest BCUT2D eigenvalue weighted by molar-refractivity contribution is 7.22. The second kappa shape index (κ2) is 6.27. The van der Waals surface area contributed by atoms with E-state index in [9.17, 15) is 4.79 Å². The number of piperazine rings is 1. The van der Waals surface area contributed by atoms with E-state index in [1.54, 1.807) is 35.3 Å². The molecule has 0 spiro atoms. The van der Waals surface area contributed by atoms with Crippen molar-refractivity contribution >= 4 is 43.8 Å². The van der Waals surface area contributed by atoms with E-state index >= 15 is 0 Å². The summed E-state index contributed by atoms with van der Waals surface area (Å²) in [6, 6.07) is 9.92. The van der Waals surface area contributed by atoms with Crippen LogP contribution in [0.25, 0.3) is 21.4 Å². The summed E-state index contributed by atoms with van der Waals surface area (Å²) < 4.78 is 2.79. The molecule has 27 heavy (non-hydrogen) atoms. The first kappa shape index (κ1) is 16.1. The van der Waals surface area contributed by atoms with Crippen LogP contribution in [0, 0.1) is 0 Å². The molecule has 0 atom stereocenters. The van der Waals surface area contributed by atoms with Crippen molar-refractivity contribution in [2.45, 2.75) is 0 Å². The van der Waals surface area contributed by atoms with Gasteiger partial charge in [-0.2, -0.15) is 0 Å². The zero-order chi connectivity index (χ0) is 18.4. The number of pyridine rings is 1. The number of thiazole rings is 1. The van der Waals surface area contributed by atoms with Gasteiger partial charge in [0, 0.05) is 39.4 Å². The summed E-state index contributed by atoms with van der Waals surface area (Å²) in [5, 5.41) is 9.00. The van der Waals surface area contributed by atoms with Crippen LogP contribution in [0.15, 0.2) is 36.5 Å². The summed E-state index contributed by atoms with van der Waals surface area (Å²) >= 11 is 1.70. The third kappa shape index (κ3) is 2.80. The van der Waals surface area contributed by atoms with Crippen molar-refractivity contribution in [3.63, 3.8) is 0 Å². The van der Waals surface area contributed by atoms with Crippen LogP contribution >= 0.6 is 11.3 Å². The molecule has 8 nitrogen and oxygen atoms in total. The zero-order valence-electron chi connectivity index (χ0n) is 14.7. The molecule has 0 radical (unpaired) electrons. The highest BCUT2D eigenvalue weighted by atomic mass is 32.1. The highest BCUT2D eigenvalue weighted by Gasteiger charge is 2.24. The number of aromatic nitrogens is 5. The molecule has 1 aliphatic heterocycles. The molecule has 4 aromatic rings. The molecule has 0 aliphatic carbocycles. The topological polar surface area (TPSA) is 80.0 Å². The number of amides is 1. The van der Waals surface area contributed by atoms with Gasteiger partial charge in [-0.25, -0.2) is 14.6 Å². The molecular weight excluding hydrogens is 362 g/mol. The van der Waals surface area contributed by atoms with Crippen LogP contribution in [0.2, 0.25) is 0 Å². The van der Waals surface area contributed by atoms with Crippen LogP contribution in [0.4, 0.5) is 5.13 Å². The lowest BCUT2D eigenvalue weighted by atomic mass is 10.2. The summed E-state index contributed by atoms with van der Waals surface area (Å²) in [5.74, 6) is -0.0148. The normalized spacial score (nSPS) is 15.0. The number of carbonyl (C=O) groups excluding carboxylic acids is 1. The maximum absolute atomic E-state index is 12.8. The highest BCUT2D eigenvalue weighted by Crippen LogP contribution is 2.29. The Balaban J connectivity index is 1.30. The molecule has 1 saturated heterocycles. The monoisotopic (exact) mass is 379 g/mol. The molecule has 0 saturated carbocycles. The average Bonchev–Trinajstić information content (AvgIpc) is 3.31. The Morgan fingerprint density at radius 3 is 2.74 bits per heavy atom. The summed E-state index contributed by atoms with van der Waals surface area (Å²) in [7, 11) is 1.78. The fourth-order valence-corrected chi connectivity index (χ4v) is 4.34. The van der Waals surface area contributed by atoms with E-state index in [2.05, 4.69) is 26.3 Å². The maximum Gasteiger partial charge on any atom is 0.255 e. The number of fused-ring (bicyclic) bond motifs is 2. The largest absolute Gasteiger partial charge is 0.345 e. The van der Waals surface area contributed by atoms with Gasteiger partial charge in [0.25, 0.3) is 5.91 Å². The molecule has 1 aromatic carbocycles. The fraction of sp³-hybridized carbons (Fsp3) is 0.278. The minimum absolute atomic E-state index is 0.0148. The minimum Gasteiger partial charge on any atom is -0.345 e. The first-order valence-electron chi connectivity index (χ1n) is 8.74. The van der Waals surface area contributed by atoms with Crippen LogP contribution in [0.5, 0.6) is 0 Å². The van der Waals surface area contributed by atoms with Crippen molar-refractivity contribution in [1.29, 1.82) is 0 Å². The second-order valence-electron chi connectivity index (χ2n) is 6.52. The van der Waals surface area contributed by atoms with Crippen LogP contribution in [-0.4, -0.2) is 61.9 Å². The molecule has 5 rings (SSSR count). The van der Waals surface area contributed by atoms with E-state index in [0.717, 1.165) is 23.7 Å². The van der Waals surface area contributed by atoms with Gasteiger partial charge in [0.15, 0.2) is 10.8 Å². The third-order valence-electron chi connectivity index (χ3n) is 4.81. The smallest absolute Gasteiger partial charge is 0.255 e. The fourth-order valence-electron chi connectivity index (χ4n) is 3.32. The molecule has 0 bridgehead atoms. The number of hydrogen-bond acceptors (Lipinski definition) is 7. The SMILES string of the molecule is Cn1nnc2cc(C(=O)N3CCN(c4nc5ccccc5s4)CC3)cnc21. The van der Waals surface area contributed by atoms with Crippen molar-refractivity contribution in [3.8, 4) is 0 Å².